The summed E-state index contributed by atoms with van der Waals surface area (Å²) < 4.78 is 10.3. The fraction of sp³-hybridized carbons (Fsp3) is 0.583. The molecule has 1 aliphatic rings. The van der Waals surface area contributed by atoms with Crippen LogP contribution >= 0.6 is 11.6 Å². The van der Waals surface area contributed by atoms with Gasteiger partial charge in [-0.25, -0.2) is 4.98 Å². The molecule has 0 saturated carbocycles. The highest BCUT2D eigenvalue weighted by atomic mass is 35.5. The molecular weight excluding hydrogens is 284 g/mol. The van der Waals surface area contributed by atoms with Crippen LogP contribution in [0.3, 0.4) is 0 Å². The number of methoxy groups -OCH3 is 1. The molecule has 2 rings (SSSR count). The monoisotopic (exact) mass is 300 g/mol. The predicted molar refractivity (Wildman–Crippen MR) is 73.8 cm³/mol. The highest BCUT2D eigenvalue weighted by Crippen LogP contribution is 2.30. The van der Waals surface area contributed by atoms with Crippen molar-refractivity contribution in [2.45, 2.75) is 12.8 Å². The molecule has 20 heavy (non-hydrogen) atoms. The third kappa shape index (κ3) is 3.17. The Morgan fingerprint density at radius 3 is 2.85 bits per heavy atom. The topological polar surface area (TPSA) is 99.4 Å². The molecule has 1 saturated heterocycles. The maximum absolute atomic E-state index is 12.4. The first kappa shape index (κ1) is 15.0. The number of hydrogen-bond acceptors (Lipinski definition) is 6. The Morgan fingerprint density at radius 1 is 1.55 bits per heavy atom. The van der Waals surface area contributed by atoms with Gasteiger partial charge in [0.1, 0.15) is 5.15 Å². The van der Waals surface area contributed by atoms with Gasteiger partial charge in [0.15, 0.2) is 0 Å². The normalized spacial score (nSPS) is 17.6. The van der Waals surface area contributed by atoms with Gasteiger partial charge in [-0.2, -0.15) is 4.98 Å². The lowest BCUT2D eigenvalue weighted by Gasteiger charge is -2.34. The number of ether oxygens (including phenoxy) is 2. The van der Waals surface area contributed by atoms with Crippen LogP contribution in [-0.2, 0) is 9.53 Å². The number of aromatic nitrogens is 2. The summed E-state index contributed by atoms with van der Waals surface area (Å²) >= 11 is 5.84. The summed E-state index contributed by atoms with van der Waals surface area (Å²) in [4.78, 5) is 20.4. The summed E-state index contributed by atoms with van der Waals surface area (Å²) in [6.45, 7) is 1.29. The van der Waals surface area contributed by atoms with Gasteiger partial charge in [-0.3, -0.25) is 10.1 Å². The molecule has 0 radical (unpaired) electrons. The van der Waals surface area contributed by atoms with Crippen LogP contribution in [-0.4, -0.2) is 42.7 Å². The Hall–Kier alpha value is -1.44. The van der Waals surface area contributed by atoms with Gasteiger partial charge in [-0.15, -0.1) is 0 Å². The quantitative estimate of drug-likeness (QED) is 0.799. The summed E-state index contributed by atoms with van der Waals surface area (Å²) in [5, 5.41) is 2.85. The van der Waals surface area contributed by atoms with Crippen molar-refractivity contribution >= 4 is 23.5 Å². The van der Waals surface area contributed by atoms with Crippen LogP contribution in [0.1, 0.15) is 12.8 Å². The van der Waals surface area contributed by atoms with Gasteiger partial charge in [-0.1, -0.05) is 11.6 Å². The van der Waals surface area contributed by atoms with Crippen LogP contribution in [0.15, 0.2) is 6.07 Å². The molecular formula is C12H17ClN4O3. The zero-order chi connectivity index (χ0) is 14.6. The number of nitrogens with zero attached hydrogens (tertiary/aromatic N) is 2. The Balaban J connectivity index is 2.15. The van der Waals surface area contributed by atoms with E-state index < -0.39 is 5.41 Å². The average molecular weight is 301 g/mol. The number of amides is 1. The highest BCUT2D eigenvalue weighted by Gasteiger charge is 2.39. The molecule has 7 nitrogen and oxygen atoms in total. The fourth-order valence-corrected chi connectivity index (χ4v) is 2.25. The molecule has 110 valence electrons. The van der Waals surface area contributed by atoms with Gasteiger partial charge in [0, 0.05) is 25.8 Å². The van der Waals surface area contributed by atoms with E-state index in [4.69, 9.17) is 26.8 Å². The van der Waals surface area contributed by atoms with Crippen molar-refractivity contribution in [3.8, 4) is 5.88 Å². The average Bonchev–Trinajstić information content (AvgIpc) is 2.47. The van der Waals surface area contributed by atoms with Gasteiger partial charge >= 0.3 is 0 Å². The molecule has 2 heterocycles. The van der Waals surface area contributed by atoms with E-state index in [9.17, 15) is 4.79 Å². The minimum atomic E-state index is -0.642. The lowest BCUT2D eigenvalue weighted by atomic mass is 9.79. The molecule has 0 bridgehead atoms. The van der Waals surface area contributed by atoms with Crippen molar-refractivity contribution in [2.75, 3.05) is 32.2 Å². The highest BCUT2D eigenvalue weighted by molar-refractivity contribution is 6.29. The van der Waals surface area contributed by atoms with Gasteiger partial charge in [-0.05, 0) is 12.8 Å². The second-order valence-corrected chi connectivity index (χ2v) is 4.99. The lowest BCUT2D eigenvalue weighted by molar-refractivity contribution is -0.130. The number of nitrogens with two attached hydrogens (primary N) is 1. The molecule has 1 fully saturated rings. The number of hydrogen-bond donors (Lipinski definition) is 2. The van der Waals surface area contributed by atoms with E-state index in [1.54, 1.807) is 0 Å². The van der Waals surface area contributed by atoms with E-state index in [0.29, 0.717) is 26.1 Å². The van der Waals surface area contributed by atoms with Gasteiger partial charge in [0.25, 0.3) is 0 Å². The van der Waals surface area contributed by atoms with E-state index in [1.165, 1.54) is 13.2 Å². The third-order valence-electron chi connectivity index (χ3n) is 3.43. The lowest BCUT2D eigenvalue weighted by Crippen LogP contribution is -2.46. The van der Waals surface area contributed by atoms with Crippen LogP contribution in [0.4, 0.5) is 5.95 Å². The second-order valence-electron chi connectivity index (χ2n) is 4.61. The number of rotatable bonds is 4. The van der Waals surface area contributed by atoms with Crippen LogP contribution < -0.4 is 15.8 Å². The fourth-order valence-electron chi connectivity index (χ4n) is 2.08. The van der Waals surface area contributed by atoms with Crippen molar-refractivity contribution in [2.24, 2.45) is 11.1 Å². The predicted octanol–water partition coefficient (Wildman–Crippen LogP) is 0.833. The van der Waals surface area contributed by atoms with E-state index in [-0.39, 0.29) is 29.4 Å². The summed E-state index contributed by atoms with van der Waals surface area (Å²) in [5.41, 5.74) is 5.13. The Morgan fingerprint density at radius 2 is 2.25 bits per heavy atom. The summed E-state index contributed by atoms with van der Waals surface area (Å²) in [5.74, 6) is 0.181. The third-order valence-corrected chi connectivity index (χ3v) is 3.62. The van der Waals surface area contributed by atoms with Gasteiger partial charge in [0.2, 0.25) is 17.7 Å². The van der Waals surface area contributed by atoms with Crippen molar-refractivity contribution in [1.29, 1.82) is 0 Å². The van der Waals surface area contributed by atoms with Crippen molar-refractivity contribution in [3.05, 3.63) is 11.2 Å². The van der Waals surface area contributed by atoms with Crippen LogP contribution in [0, 0.1) is 5.41 Å². The molecule has 1 aromatic rings. The molecule has 0 aromatic carbocycles. The maximum atomic E-state index is 12.4. The number of nitrogens with one attached hydrogen (secondary N) is 1. The van der Waals surface area contributed by atoms with Crippen LogP contribution in [0.25, 0.3) is 0 Å². The second kappa shape index (κ2) is 6.34. The number of halogens is 1. The van der Waals surface area contributed by atoms with Crippen molar-refractivity contribution in [3.63, 3.8) is 0 Å². The Labute approximate surface area is 121 Å². The largest absolute Gasteiger partial charge is 0.481 e. The molecule has 1 aliphatic heterocycles. The molecule has 0 atom stereocenters. The molecule has 1 amide bonds. The number of anilines is 1. The first-order valence-electron chi connectivity index (χ1n) is 6.27. The maximum Gasteiger partial charge on any atom is 0.234 e. The van der Waals surface area contributed by atoms with E-state index in [2.05, 4.69) is 15.3 Å². The Kier molecular flexibility index (Phi) is 4.74. The van der Waals surface area contributed by atoms with E-state index >= 15 is 0 Å². The van der Waals surface area contributed by atoms with Crippen molar-refractivity contribution < 1.29 is 14.3 Å². The number of carbonyl (C=O) groups is 1. The molecule has 3 N–H and O–H groups in total. The number of carbonyl (C=O) groups excluding carboxylic acids is 1. The minimum Gasteiger partial charge on any atom is -0.481 e. The van der Waals surface area contributed by atoms with Crippen LogP contribution in [0.5, 0.6) is 5.88 Å². The summed E-state index contributed by atoms with van der Waals surface area (Å²) in [7, 11) is 1.46. The summed E-state index contributed by atoms with van der Waals surface area (Å²) in [6.07, 6.45) is 1.15. The van der Waals surface area contributed by atoms with Crippen LogP contribution in [0.2, 0.25) is 5.15 Å². The zero-order valence-electron chi connectivity index (χ0n) is 11.2. The van der Waals surface area contributed by atoms with E-state index in [0.717, 1.165) is 0 Å². The summed E-state index contributed by atoms with van der Waals surface area (Å²) in [6, 6.07) is 1.46. The van der Waals surface area contributed by atoms with Gasteiger partial charge in [0.05, 0.1) is 12.5 Å². The minimum absolute atomic E-state index is 0.110. The smallest absolute Gasteiger partial charge is 0.234 e. The molecule has 0 spiro atoms. The zero-order valence-corrected chi connectivity index (χ0v) is 11.9. The molecule has 0 unspecified atom stereocenters. The first-order chi connectivity index (χ1) is 9.59. The first-order valence-corrected chi connectivity index (χ1v) is 6.65. The molecule has 0 aliphatic carbocycles. The Bertz CT molecular complexity index is 492. The molecule has 8 heteroatoms. The standard InChI is InChI=1S/C12H17ClN4O3/c1-19-9-6-8(13)15-11(16-9)17-10(18)12(7-14)2-4-20-5-3-12/h6H,2-5,7,14H2,1H3,(H,15,16,17,18). The SMILES string of the molecule is COc1cc(Cl)nc(NC(=O)C2(CN)CCOCC2)n1. The van der Waals surface area contributed by atoms with E-state index in [1.807, 2.05) is 0 Å². The van der Waals surface area contributed by atoms with Crippen molar-refractivity contribution in [1.82, 2.24) is 9.97 Å². The molecule has 1 aromatic heterocycles. The van der Waals surface area contributed by atoms with Gasteiger partial charge < -0.3 is 15.2 Å².